The van der Waals surface area contributed by atoms with Crippen molar-refractivity contribution < 1.29 is 28.7 Å². The maximum Gasteiger partial charge on any atom is 0.355 e. The van der Waals surface area contributed by atoms with Crippen LogP contribution in [0.2, 0.25) is 0 Å². The molecule has 0 spiro atoms. The second-order valence-electron chi connectivity index (χ2n) is 12.2. The Morgan fingerprint density at radius 3 is 1.04 bits per heavy atom. The van der Waals surface area contributed by atoms with E-state index in [9.17, 15) is 19.2 Å². The van der Waals surface area contributed by atoms with Gasteiger partial charge >= 0.3 is 11.9 Å². The first-order valence-electron chi connectivity index (χ1n) is 17.1. The molecule has 0 radical (unpaired) electrons. The number of ether oxygens (including phenoxy) is 2. The van der Waals surface area contributed by atoms with E-state index >= 15 is 0 Å². The molecule has 4 N–H and O–H groups in total. The molecule has 0 unspecified atom stereocenters. The van der Waals surface area contributed by atoms with Gasteiger partial charge in [-0.25, -0.2) is 9.59 Å². The summed E-state index contributed by atoms with van der Waals surface area (Å²) in [5.74, 6) is -1.98. The summed E-state index contributed by atoms with van der Waals surface area (Å²) in [5, 5.41) is 0. The van der Waals surface area contributed by atoms with Crippen LogP contribution in [-0.4, -0.2) is 56.7 Å². The van der Waals surface area contributed by atoms with Gasteiger partial charge in [0, 0.05) is 35.6 Å². The zero-order valence-electron chi connectivity index (χ0n) is 30.1. The van der Waals surface area contributed by atoms with Crippen LogP contribution in [0, 0.1) is 27.7 Å². The van der Waals surface area contributed by atoms with E-state index in [0.29, 0.717) is 49.9 Å². The average Bonchev–Trinajstić information content (AvgIpc) is 3.76. The van der Waals surface area contributed by atoms with Crippen LogP contribution in [0.4, 0.5) is 0 Å². The number of esters is 2. The number of rotatable bonds is 15. The van der Waals surface area contributed by atoms with E-state index < -0.39 is 11.6 Å². The van der Waals surface area contributed by atoms with Crippen LogP contribution in [0.3, 0.4) is 0 Å². The highest BCUT2D eigenvalue weighted by Gasteiger charge is 2.30. The van der Waals surface area contributed by atoms with Crippen LogP contribution in [0.25, 0.3) is 0 Å². The van der Waals surface area contributed by atoms with E-state index in [-0.39, 0.29) is 36.5 Å². The van der Waals surface area contributed by atoms with Crippen LogP contribution >= 0.6 is 0 Å². The third-order valence-electron chi connectivity index (χ3n) is 9.64. The van der Waals surface area contributed by atoms with Gasteiger partial charge in [-0.1, -0.05) is 27.7 Å². The van der Waals surface area contributed by atoms with E-state index in [0.717, 1.165) is 67.3 Å². The topological polar surface area (TPSA) is 150 Å². The van der Waals surface area contributed by atoms with E-state index in [1.165, 1.54) is 0 Å². The van der Waals surface area contributed by atoms with Gasteiger partial charge < -0.3 is 29.4 Å². The summed E-state index contributed by atoms with van der Waals surface area (Å²) in [7, 11) is 0. The van der Waals surface area contributed by atoms with Crippen molar-refractivity contribution in [2.75, 3.05) is 13.2 Å². The Hall–Kier alpha value is -4.60. The largest absolute Gasteiger partial charge is 0.461 e. The normalized spacial score (nSPS) is 11.3. The van der Waals surface area contributed by atoms with Gasteiger partial charge in [0.25, 0.3) is 11.6 Å². The number of carbonyl (C=O) groups is 4. The molecular formula is C38H50N4O6. The van der Waals surface area contributed by atoms with Gasteiger partial charge in [-0.3, -0.25) is 9.59 Å². The summed E-state index contributed by atoms with van der Waals surface area (Å²) >= 11 is 0. The Kier molecular flexibility index (Phi) is 11.4. The van der Waals surface area contributed by atoms with Crippen LogP contribution in [0.1, 0.15) is 151 Å². The van der Waals surface area contributed by atoms with E-state index in [1.54, 1.807) is 13.8 Å². The Balaban J connectivity index is 1.67. The fourth-order valence-corrected chi connectivity index (χ4v) is 7.06. The molecule has 0 aliphatic rings. The van der Waals surface area contributed by atoms with Gasteiger partial charge in [0.2, 0.25) is 0 Å². The maximum atomic E-state index is 13.9. The minimum absolute atomic E-state index is 0.276. The van der Waals surface area contributed by atoms with Gasteiger partial charge in [0.1, 0.15) is 11.4 Å². The highest BCUT2D eigenvalue weighted by Crippen LogP contribution is 2.29. The number of ketones is 2. The number of hydrogen-bond acceptors (Lipinski definition) is 6. The van der Waals surface area contributed by atoms with Crippen molar-refractivity contribution in [2.24, 2.45) is 0 Å². The standard InChI is InChI=1S/C38H50N4O6/c1-11-23-21(9)31(41-29(23)17-27-19(7)25(13-3)33(39-27)37(45)47-15-5)35(43)36(44)32-22(10)24(12-2)30(42-32)18-28-20(8)26(14-4)34(40-28)38(46)48-16-6/h39-42H,11-18H2,1-10H3. The molecule has 4 heterocycles. The molecule has 10 nitrogen and oxygen atoms in total. The number of aromatic nitrogens is 4. The second-order valence-corrected chi connectivity index (χ2v) is 12.2. The zero-order chi connectivity index (χ0) is 35.4. The Labute approximate surface area is 282 Å². The minimum Gasteiger partial charge on any atom is -0.461 e. The molecule has 4 aromatic heterocycles. The molecule has 0 bridgehead atoms. The summed E-state index contributed by atoms with van der Waals surface area (Å²) in [5.41, 5.74) is 12.1. The first-order chi connectivity index (χ1) is 22.9. The number of carbonyl (C=O) groups excluding carboxylic acids is 4. The van der Waals surface area contributed by atoms with E-state index in [4.69, 9.17) is 9.47 Å². The average molecular weight is 659 g/mol. The van der Waals surface area contributed by atoms with Crippen LogP contribution in [-0.2, 0) is 48.0 Å². The third-order valence-corrected chi connectivity index (χ3v) is 9.64. The molecule has 0 amide bonds. The van der Waals surface area contributed by atoms with Gasteiger partial charge in [-0.15, -0.1) is 0 Å². The summed E-state index contributed by atoms with van der Waals surface area (Å²) in [4.78, 5) is 66.2. The van der Waals surface area contributed by atoms with Crippen molar-refractivity contribution in [3.05, 3.63) is 90.1 Å². The lowest BCUT2D eigenvalue weighted by atomic mass is 9.99. The molecule has 0 fully saturated rings. The number of Topliss-reactive ketones (excluding diaryl/α,β-unsaturated/α-hetero) is 2. The van der Waals surface area contributed by atoms with Crippen LogP contribution < -0.4 is 0 Å². The van der Waals surface area contributed by atoms with Crippen molar-refractivity contribution in [3.63, 3.8) is 0 Å². The number of H-pyrrole nitrogens is 4. The fraction of sp³-hybridized carbons (Fsp3) is 0.474. The molecular weight excluding hydrogens is 608 g/mol. The summed E-state index contributed by atoms with van der Waals surface area (Å²) in [6.45, 7) is 19.9. The Morgan fingerprint density at radius 1 is 0.438 bits per heavy atom. The molecule has 0 aliphatic heterocycles. The van der Waals surface area contributed by atoms with Crippen LogP contribution in [0.5, 0.6) is 0 Å². The Morgan fingerprint density at radius 2 is 0.750 bits per heavy atom. The predicted molar refractivity (Wildman–Crippen MR) is 186 cm³/mol. The molecule has 0 saturated heterocycles. The lowest BCUT2D eigenvalue weighted by Gasteiger charge is -2.04. The number of hydrogen-bond donors (Lipinski definition) is 4. The first kappa shape index (κ1) is 36.2. The summed E-state index contributed by atoms with van der Waals surface area (Å²) in [6.07, 6.45) is 3.56. The molecule has 4 aromatic rings. The molecule has 0 aromatic carbocycles. The fourth-order valence-electron chi connectivity index (χ4n) is 7.06. The predicted octanol–water partition coefficient (Wildman–Crippen LogP) is 7.08. The van der Waals surface area contributed by atoms with Gasteiger partial charge in [0.15, 0.2) is 0 Å². The SMILES string of the molecule is CCOC(=O)c1[nH]c(Cc2[nH]c(C(=O)C(=O)c3[nH]c(Cc4[nH]c(C(=O)OCC)c(CC)c4C)c(CC)c3C)c(C)c2CC)c(C)c1CC. The van der Waals surface area contributed by atoms with Crippen molar-refractivity contribution in [1.29, 1.82) is 0 Å². The number of aromatic amines is 4. The van der Waals surface area contributed by atoms with Crippen molar-refractivity contribution in [2.45, 2.75) is 108 Å². The van der Waals surface area contributed by atoms with Crippen molar-refractivity contribution in [1.82, 2.24) is 19.9 Å². The third kappa shape index (κ3) is 6.57. The highest BCUT2D eigenvalue weighted by molar-refractivity contribution is 6.49. The maximum absolute atomic E-state index is 13.9. The van der Waals surface area contributed by atoms with E-state index in [2.05, 4.69) is 19.9 Å². The zero-order valence-corrected chi connectivity index (χ0v) is 30.1. The van der Waals surface area contributed by atoms with Crippen LogP contribution in [0.15, 0.2) is 0 Å². The number of nitrogens with one attached hydrogen (secondary N) is 4. The second kappa shape index (κ2) is 15.1. The highest BCUT2D eigenvalue weighted by atomic mass is 16.5. The molecule has 0 atom stereocenters. The summed E-state index contributed by atoms with van der Waals surface area (Å²) < 4.78 is 10.5. The summed E-state index contributed by atoms with van der Waals surface area (Å²) in [6, 6.07) is 0. The van der Waals surface area contributed by atoms with Gasteiger partial charge in [0.05, 0.1) is 24.6 Å². The molecule has 0 saturated carbocycles. The first-order valence-corrected chi connectivity index (χ1v) is 17.1. The lowest BCUT2D eigenvalue weighted by molar-refractivity contribution is 0.0509. The molecule has 48 heavy (non-hydrogen) atoms. The Bertz CT molecular complexity index is 1730. The smallest absolute Gasteiger partial charge is 0.355 e. The minimum atomic E-state index is -0.606. The molecule has 0 aliphatic carbocycles. The van der Waals surface area contributed by atoms with Gasteiger partial charge in [-0.2, -0.15) is 0 Å². The van der Waals surface area contributed by atoms with Gasteiger partial charge in [-0.05, 0) is 112 Å². The molecule has 10 heteroatoms. The molecule has 258 valence electrons. The van der Waals surface area contributed by atoms with Crippen molar-refractivity contribution in [3.8, 4) is 0 Å². The van der Waals surface area contributed by atoms with Crippen molar-refractivity contribution >= 4 is 23.5 Å². The molecule has 4 rings (SSSR count). The lowest BCUT2D eigenvalue weighted by Crippen LogP contribution is -2.17. The quantitative estimate of drug-likeness (QED) is 0.0609. The van der Waals surface area contributed by atoms with E-state index in [1.807, 2.05) is 55.4 Å². The monoisotopic (exact) mass is 658 g/mol.